The van der Waals surface area contributed by atoms with Gasteiger partial charge in [0, 0.05) is 11.6 Å². The van der Waals surface area contributed by atoms with Gasteiger partial charge in [-0.1, -0.05) is 36.4 Å². The molecular formula is C18H13F3N2O. The van der Waals surface area contributed by atoms with Gasteiger partial charge in [-0.25, -0.2) is 0 Å². The largest absolute Gasteiger partial charge is 0.418 e. The maximum atomic E-state index is 13.1. The Bertz CT molecular complexity index is 920. The number of aromatic nitrogens is 1. The van der Waals surface area contributed by atoms with Crippen LogP contribution in [-0.4, -0.2) is 10.9 Å². The van der Waals surface area contributed by atoms with E-state index >= 15 is 0 Å². The highest BCUT2D eigenvalue weighted by Gasteiger charge is 2.33. The number of benzene rings is 2. The van der Waals surface area contributed by atoms with Crippen molar-refractivity contribution < 1.29 is 18.0 Å². The summed E-state index contributed by atoms with van der Waals surface area (Å²) in [4.78, 5) is 16.8. The second-order valence-corrected chi connectivity index (χ2v) is 5.30. The molecule has 0 radical (unpaired) electrons. The van der Waals surface area contributed by atoms with E-state index in [0.29, 0.717) is 11.1 Å². The molecule has 0 saturated heterocycles. The average molecular weight is 330 g/mol. The molecule has 3 rings (SSSR count). The Morgan fingerprint density at radius 1 is 1.04 bits per heavy atom. The first kappa shape index (κ1) is 16.0. The molecule has 0 bridgehead atoms. The van der Waals surface area contributed by atoms with E-state index in [2.05, 4.69) is 10.3 Å². The first-order valence-corrected chi connectivity index (χ1v) is 7.20. The highest BCUT2D eigenvalue weighted by Crippen LogP contribution is 2.35. The van der Waals surface area contributed by atoms with E-state index in [4.69, 9.17) is 0 Å². The van der Waals surface area contributed by atoms with Gasteiger partial charge in [0.2, 0.25) is 0 Å². The second kappa shape index (κ2) is 5.96. The van der Waals surface area contributed by atoms with Crippen molar-refractivity contribution in [2.75, 3.05) is 5.32 Å². The number of nitrogens with zero attached hydrogens (tertiary/aromatic N) is 1. The molecular weight excluding hydrogens is 317 g/mol. The third-order valence-electron chi connectivity index (χ3n) is 3.70. The number of alkyl halides is 3. The number of nitrogens with one attached hydrogen (secondary N) is 1. The zero-order chi connectivity index (χ0) is 17.3. The van der Waals surface area contributed by atoms with E-state index in [9.17, 15) is 18.0 Å². The summed E-state index contributed by atoms with van der Waals surface area (Å²) in [5, 5.41) is 3.76. The van der Waals surface area contributed by atoms with Gasteiger partial charge in [0.25, 0.3) is 5.91 Å². The van der Waals surface area contributed by atoms with Crippen molar-refractivity contribution in [2.24, 2.45) is 0 Å². The molecule has 0 aliphatic carbocycles. The molecule has 6 heteroatoms. The molecule has 1 heterocycles. The average Bonchev–Trinajstić information content (AvgIpc) is 2.54. The highest BCUT2D eigenvalue weighted by atomic mass is 19.4. The van der Waals surface area contributed by atoms with Crippen molar-refractivity contribution in [3.05, 3.63) is 71.5 Å². The van der Waals surface area contributed by atoms with Gasteiger partial charge in [0.1, 0.15) is 0 Å². The third-order valence-corrected chi connectivity index (χ3v) is 3.70. The van der Waals surface area contributed by atoms with Crippen LogP contribution in [0.15, 0.2) is 54.7 Å². The number of fused-ring (bicyclic) bond motifs is 1. The number of carbonyl (C=O) groups is 1. The summed E-state index contributed by atoms with van der Waals surface area (Å²) in [6.07, 6.45) is -2.92. The van der Waals surface area contributed by atoms with E-state index in [1.807, 2.05) is 0 Å². The predicted molar refractivity (Wildman–Crippen MR) is 85.9 cm³/mol. The van der Waals surface area contributed by atoms with Gasteiger partial charge in [0.05, 0.1) is 22.5 Å². The van der Waals surface area contributed by atoms with Crippen LogP contribution in [0.2, 0.25) is 0 Å². The molecule has 0 saturated carbocycles. The summed E-state index contributed by atoms with van der Waals surface area (Å²) in [6.45, 7) is 1.65. The van der Waals surface area contributed by atoms with Crippen LogP contribution in [0.5, 0.6) is 0 Å². The number of carbonyl (C=O) groups excluding carboxylic acids is 1. The third kappa shape index (κ3) is 2.95. The molecule has 0 atom stereocenters. The van der Waals surface area contributed by atoms with Crippen molar-refractivity contribution >= 4 is 22.4 Å². The lowest BCUT2D eigenvalue weighted by Crippen LogP contribution is -2.18. The second-order valence-electron chi connectivity index (χ2n) is 5.30. The number of pyridine rings is 1. The van der Waals surface area contributed by atoms with Crippen molar-refractivity contribution in [3.8, 4) is 0 Å². The van der Waals surface area contributed by atoms with Crippen LogP contribution in [0.1, 0.15) is 21.6 Å². The Labute approximate surface area is 136 Å². The van der Waals surface area contributed by atoms with E-state index in [1.54, 1.807) is 37.4 Å². The highest BCUT2D eigenvalue weighted by molar-refractivity contribution is 6.13. The van der Waals surface area contributed by atoms with Gasteiger partial charge in [0.15, 0.2) is 0 Å². The topological polar surface area (TPSA) is 42.0 Å². The lowest BCUT2D eigenvalue weighted by Gasteiger charge is -2.15. The van der Waals surface area contributed by atoms with Crippen LogP contribution < -0.4 is 5.32 Å². The Morgan fingerprint density at radius 2 is 1.71 bits per heavy atom. The molecule has 1 amide bonds. The molecule has 0 fully saturated rings. The lowest BCUT2D eigenvalue weighted by atomic mass is 10.0. The molecule has 0 spiro atoms. The van der Waals surface area contributed by atoms with Gasteiger partial charge in [-0.15, -0.1) is 0 Å². The predicted octanol–water partition coefficient (Wildman–Crippen LogP) is 4.81. The number of amides is 1. The quantitative estimate of drug-likeness (QED) is 0.732. The van der Waals surface area contributed by atoms with Crippen LogP contribution in [0.25, 0.3) is 10.8 Å². The van der Waals surface area contributed by atoms with Crippen LogP contribution in [0, 0.1) is 6.92 Å². The molecule has 24 heavy (non-hydrogen) atoms. The first-order chi connectivity index (χ1) is 11.4. The molecule has 0 aliphatic rings. The Kier molecular flexibility index (Phi) is 3.97. The van der Waals surface area contributed by atoms with Crippen LogP contribution in [-0.2, 0) is 6.18 Å². The summed E-state index contributed by atoms with van der Waals surface area (Å²) in [6, 6.07) is 12.0. The van der Waals surface area contributed by atoms with E-state index in [-0.39, 0.29) is 11.3 Å². The van der Waals surface area contributed by atoms with Crippen molar-refractivity contribution in [2.45, 2.75) is 13.1 Å². The van der Waals surface area contributed by atoms with Gasteiger partial charge in [-0.3, -0.25) is 9.78 Å². The molecule has 0 aliphatic heterocycles. The standard InChI is InChI=1S/C18H13F3N2O/c1-11-16(13-7-3-2-6-12(13)10-22-11)17(24)23-15-9-5-4-8-14(15)18(19,20)21/h2-10H,1H3,(H,23,24). The number of anilines is 1. The molecule has 0 unspecified atom stereocenters. The zero-order valence-electron chi connectivity index (χ0n) is 12.7. The number of halogens is 3. The minimum Gasteiger partial charge on any atom is -0.321 e. The van der Waals surface area contributed by atoms with E-state index in [1.165, 1.54) is 18.2 Å². The number of para-hydroxylation sites is 1. The fraction of sp³-hybridized carbons (Fsp3) is 0.111. The molecule has 3 aromatic rings. The van der Waals surface area contributed by atoms with E-state index < -0.39 is 17.6 Å². The van der Waals surface area contributed by atoms with Crippen LogP contribution in [0.4, 0.5) is 18.9 Å². The summed E-state index contributed by atoms with van der Waals surface area (Å²) in [5.74, 6) is -0.617. The first-order valence-electron chi connectivity index (χ1n) is 7.20. The number of rotatable bonds is 2. The summed E-state index contributed by atoms with van der Waals surface area (Å²) >= 11 is 0. The maximum absolute atomic E-state index is 13.1. The fourth-order valence-corrected chi connectivity index (χ4v) is 2.57. The van der Waals surface area contributed by atoms with Crippen molar-refractivity contribution in [1.82, 2.24) is 4.98 Å². The molecule has 1 aromatic heterocycles. The van der Waals surface area contributed by atoms with Crippen LogP contribution >= 0.6 is 0 Å². The molecule has 122 valence electrons. The molecule has 1 N–H and O–H groups in total. The van der Waals surface area contributed by atoms with Crippen LogP contribution in [0.3, 0.4) is 0 Å². The maximum Gasteiger partial charge on any atom is 0.418 e. The Morgan fingerprint density at radius 3 is 2.46 bits per heavy atom. The van der Waals surface area contributed by atoms with Gasteiger partial charge >= 0.3 is 6.18 Å². The summed E-state index contributed by atoms with van der Waals surface area (Å²) in [5.41, 5.74) is -0.438. The monoisotopic (exact) mass is 330 g/mol. The SMILES string of the molecule is Cc1ncc2ccccc2c1C(=O)Nc1ccccc1C(F)(F)F. The zero-order valence-corrected chi connectivity index (χ0v) is 12.7. The van der Waals surface area contributed by atoms with E-state index in [0.717, 1.165) is 11.5 Å². The number of hydrogen-bond donors (Lipinski definition) is 1. The molecule has 3 nitrogen and oxygen atoms in total. The minimum absolute atomic E-state index is 0.269. The minimum atomic E-state index is -4.55. The lowest BCUT2D eigenvalue weighted by molar-refractivity contribution is -0.136. The van der Waals surface area contributed by atoms with Crippen molar-refractivity contribution in [1.29, 1.82) is 0 Å². The Hall–Kier alpha value is -2.89. The number of hydrogen-bond acceptors (Lipinski definition) is 2. The summed E-state index contributed by atoms with van der Waals surface area (Å²) in [7, 11) is 0. The summed E-state index contributed by atoms with van der Waals surface area (Å²) < 4.78 is 39.2. The van der Waals surface area contributed by atoms with Gasteiger partial charge in [-0.05, 0) is 24.4 Å². The van der Waals surface area contributed by atoms with Gasteiger partial charge in [-0.2, -0.15) is 13.2 Å². The fourth-order valence-electron chi connectivity index (χ4n) is 2.57. The smallest absolute Gasteiger partial charge is 0.321 e. The number of aryl methyl sites for hydroxylation is 1. The van der Waals surface area contributed by atoms with Crippen molar-refractivity contribution in [3.63, 3.8) is 0 Å². The Balaban J connectivity index is 2.05. The normalized spacial score (nSPS) is 11.5. The van der Waals surface area contributed by atoms with Gasteiger partial charge < -0.3 is 5.32 Å². The molecule has 2 aromatic carbocycles.